The van der Waals surface area contributed by atoms with E-state index in [1.54, 1.807) is 6.20 Å². The highest BCUT2D eigenvalue weighted by Crippen LogP contribution is 2.27. The molecule has 0 aromatic carbocycles. The van der Waals surface area contributed by atoms with Crippen LogP contribution in [0.1, 0.15) is 31.2 Å². The highest BCUT2D eigenvalue weighted by Gasteiger charge is 2.36. The van der Waals surface area contributed by atoms with Gasteiger partial charge in [-0.05, 0) is 43.5 Å². The first kappa shape index (κ1) is 16.1. The fourth-order valence-electron chi connectivity index (χ4n) is 3.63. The Morgan fingerprint density at radius 3 is 3.04 bits per heavy atom. The average molecular weight is 317 g/mol. The van der Waals surface area contributed by atoms with E-state index in [-0.39, 0.29) is 6.03 Å². The molecule has 6 heteroatoms. The summed E-state index contributed by atoms with van der Waals surface area (Å²) in [6.45, 7) is 2.83. The number of carbonyl (C=O) groups excluding carboxylic acids is 1. The summed E-state index contributed by atoms with van der Waals surface area (Å²) in [5.41, 5.74) is 1.06. The molecule has 0 saturated carbocycles. The molecule has 2 aliphatic heterocycles. The standard InChI is InChI=1S/C17H27N5O/c1-21(2)16-11-13(6-8-18-16)12-19-17(23)20-14-7-10-22-9-4-3-5-15(14)22/h6,8,11,14-15H,3-5,7,9-10,12H2,1-2H3,(H2,19,20,23)/t14-,15-/m1/s1. The van der Waals surface area contributed by atoms with Crippen molar-refractivity contribution in [1.29, 1.82) is 0 Å². The second-order valence-electron chi connectivity index (χ2n) is 6.74. The first-order chi connectivity index (χ1) is 11.1. The van der Waals surface area contributed by atoms with Crippen molar-refractivity contribution in [2.45, 2.75) is 44.3 Å². The van der Waals surface area contributed by atoms with Crippen molar-refractivity contribution in [2.75, 3.05) is 32.1 Å². The van der Waals surface area contributed by atoms with Crippen LogP contribution >= 0.6 is 0 Å². The largest absolute Gasteiger partial charge is 0.363 e. The summed E-state index contributed by atoms with van der Waals surface area (Å²) in [7, 11) is 3.92. The van der Waals surface area contributed by atoms with Gasteiger partial charge in [-0.3, -0.25) is 4.90 Å². The molecule has 2 saturated heterocycles. The number of amides is 2. The minimum Gasteiger partial charge on any atom is -0.363 e. The molecular formula is C17H27N5O. The Morgan fingerprint density at radius 2 is 2.22 bits per heavy atom. The van der Waals surface area contributed by atoms with Crippen LogP contribution in [0.4, 0.5) is 10.6 Å². The molecule has 126 valence electrons. The van der Waals surface area contributed by atoms with E-state index in [1.165, 1.54) is 25.8 Å². The molecule has 0 aliphatic carbocycles. The molecule has 2 atom stereocenters. The summed E-state index contributed by atoms with van der Waals surface area (Å²) < 4.78 is 0. The number of hydrogen-bond acceptors (Lipinski definition) is 4. The molecule has 1 aromatic rings. The Morgan fingerprint density at radius 1 is 1.35 bits per heavy atom. The van der Waals surface area contributed by atoms with E-state index in [2.05, 4.69) is 20.5 Å². The molecule has 0 radical (unpaired) electrons. The fourth-order valence-corrected chi connectivity index (χ4v) is 3.63. The molecule has 0 spiro atoms. The third-order valence-electron chi connectivity index (χ3n) is 4.89. The van der Waals surface area contributed by atoms with Crippen molar-refractivity contribution in [3.63, 3.8) is 0 Å². The molecule has 0 bridgehead atoms. The predicted octanol–water partition coefficient (Wildman–Crippen LogP) is 1.57. The molecule has 3 heterocycles. The third kappa shape index (κ3) is 3.93. The van der Waals surface area contributed by atoms with E-state index in [0.717, 1.165) is 24.3 Å². The van der Waals surface area contributed by atoms with Crippen LogP contribution in [-0.4, -0.2) is 55.2 Å². The second kappa shape index (κ2) is 7.17. The molecule has 6 nitrogen and oxygen atoms in total. The van der Waals surface area contributed by atoms with Crippen LogP contribution in [0.3, 0.4) is 0 Å². The quantitative estimate of drug-likeness (QED) is 0.885. The lowest BCUT2D eigenvalue weighted by Gasteiger charge is -2.32. The van der Waals surface area contributed by atoms with E-state index in [9.17, 15) is 4.79 Å². The zero-order chi connectivity index (χ0) is 16.2. The number of nitrogens with zero attached hydrogens (tertiary/aromatic N) is 3. The lowest BCUT2D eigenvalue weighted by Crippen LogP contribution is -2.49. The van der Waals surface area contributed by atoms with Crippen LogP contribution in [0.15, 0.2) is 18.3 Å². The number of pyridine rings is 1. The Hall–Kier alpha value is -1.82. The van der Waals surface area contributed by atoms with Crippen molar-refractivity contribution in [2.24, 2.45) is 0 Å². The van der Waals surface area contributed by atoms with Gasteiger partial charge >= 0.3 is 6.03 Å². The van der Waals surface area contributed by atoms with E-state index in [0.29, 0.717) is 18.6 Å². The van der Waals surface area contributed by atoms with Crippen molar-refractivity contribution in [1.82, 2.24) is 20.5 Å². The van der Waals surface area contributed by atoms with Crippen LogP contribution in [-0.2, 0) is 6.54 Å². The van der Waals surface area contributed by atoms with Crippen LogP contribution < -0.4 is 15.5 Å². The lowest BCUT2D eigenvalue weighted by molar-refractivity contribution is 0.179. The normalized spacial score (nSPS) is 24.1. The van der Waals surface area contributed by atoms with Crippen LogP contribution in [0.25, 0.3) is 0 Å². The maximum Gasteiger partial charge on any atom is 0.315 e. The summed E-state index contributed by atoms with van der Waals surface area (Å²) in [6.07, 6.45) is 6.64. The van der Waals surface area contributed by atoms with Gasteiger partial charge in [-0.2, -0.15) is 0 Å². The summed E-state index contributed by atoms with van der Waals surface area (Å²) in [5, 5.41) is 6.14. The number of hydrogen-bond donors (Lipinski definition) is 2. The van der Waals surface area contributed by atoms with Gasteiger partial charge in [0.15, 0.2) is 0 Å². The summed E-state index contributed by atoms with van der Waals surface area (Å²) in [5.74, 6) is 0.901. The SMILES string of the molecule is CN(C)c1cc(CNC(=O)N[C@@H]2CCN3CCCC[C@H]23)ccn1. The molecule has 23 heavy (non-hydrogen) atoms. The summed E-state index contributed by atoms with van der Waals surface area (Å²) in [4.78, 5) is 21.0. The molecule has 2 N–H and O–H groups in total. The number of carbonyl (C=O) groups is 1. The van der Waals surface area contributed by atoms with Crippen molar-refractivity contribution < 1.29 is 4.79 Å². The highest BCUT2D eigenvalue weighted by molar-refractivity contribution is 5.74. The summed E-state index contributed by atoms with van der Waals surface area (Å²) >= 11 is 0. The monoisotopic (exact) mass is 317 g/mol. The zero-order valence-corrected chi connectivity index (χ0v) is 14.1. The van der Waals surface area contributed by atoms with Gasteiger partial charge < -0.3 is 15.5 Å². The molecular weight excluding hydrogens is 290 g/mol. The average Bonchev–Trinajstić information content (AvgIpc) is 2.96. The fraction of sp³-hybridized carbons (Fsp3) is 0.647. The van der Waals surface area contributed by atoms with Crippen molar-refractivity contribution in [3.05, 3.63) is 23.9 Å². The first-order valence-corrected chi connectivity index (χ1v) is 8.54. The van der Waals surface area contributed by atoms with E-state index in [4.69, 9.17) is 0 Å². The first-order valence-electron chi connectivity index (χ1n) is 8.54. The van der Waals surface area contributed by atoms with Gasteiger partial charge in [-0.1, -0.05) is 6.42 Å². The van der Waals surface area contributed by atoms with E-state index < -0.39 is 0 Å². The zero-order valence-electron chi connectivity index (χ0n) is 14.1. The highest BCUT2D eigenvalue weighted by atomic mass is 16.2. The third-order valence-corrected chi connectivity index (χ3v) is 4.89. The van der Waals surface area contributed by atoms with Gasteiger partial charge in [0, 0.05) is 45.5 Å². The second-order valence-corrected chi connectivity index (χ2v) is 6.74. The van der Waals surface area contributed by atoms with Gasteiger partial charge in [-0.25, -0.2) is 9.78 Å². The lowest BCUT2D eigenvalue weighted by atomic mass is 9.99. The van der Waals surface area contributed by atoms with Gasteiger partial charge in [0.1, 0.15) is 5.82 Å². The van der Waals surface area contributed by atoms with E-state index >= 15 is 0 Å². The predicted molar refractivity (Wildman–Crippen MR) is 91.6 cm³/mol. The minimum atomic E-state index is -0.0642. The molecule has 2 aliphatic rings. The number of anilines is 1. The summed E-state index contributed by atoms with van der Waals surface area (Å²) in [6, 6.07) is 4.70. The van der Waals surface area contributed by atoms with Crippen LogP contribution in [0, 0.1) is 0 Å². The maximum atomic E-state index is 12.2. The van der Waals surface area contributed by atoms with Gasteiger partial charge in [0.2, 0.25) is 0 Å². The molecule has 2 fully saturated rings. The van der Waals surface area contributed by atoms with Crippen molar-refractivity contribution >= 4 is 11.8 Å². The Labute approximate surface area is 138 Å². The minimum absolute atomic E-state index is 0.0642. The number of fused-ring (bicyclic) bond motifs is 1. The molecule has 1 aromatic heterocycles. The van der Waals surface area contributed by atoms with Crippen molar-refractivity contribution in [3.8, 4) is 0 Å². The van der Waals surface area contributed by atoms with Gasteiger partial charge in [-0.15, -0.1) is 0 Å². The molecule has 0 unspecified atom stereocenters. The Kier molecular flexibility index (Phi) is 5.00. The number of nitrogens with one attached hydrogen (secondary N) is 2. The number of urea groups is 1. The van der Waals surface area contributed by atoms with Crippen LogP contribution in [0.5, 0.6) is 0 Å². The number of rotatable bonds is 4. The number of piperidine rings is 1. The van der Waals surface area contributed by atoms with Gasteiger partial charge in [0.05, 0.1) is 0 Å². The smallest absolute Gasteiger partial charge is 0.315 e. The Balaban J connectivity index is 1.49. The topological polar surface area (TPSA) is 60.5 Å². The molecule has 2 amide bonds. The molecule has 3 rings (SSSR count). The van der Waals surface area contributed by atoms with Gasteiger partial charge in [0.25, 0.3) is 0 Å². The maximum absolute atomic E-state index is 12.2. The van der Waals surface area contributed by atoms with Crippen LogP contribution in [0.2, 0.25) is 0 Å². The number of aromatic nitrogens is 1. The van der Waals surface area contributed by atoms with E-state index in [1.807, 2.05) is 31.1 Å². The Bertz CT molecular complexity index is 548.